The van der Waals surface area contributed by atoms with Crippen LogP contribution in [-0.4, -0.2) is 63.3 Å². The predicted molar refractivity (Wildman–Crippen MR) is 129 cm³/mol. The highest BCUT2D eigenvalue weighted by Crippen LogP contribution is 2.24. The highest BCUT2D eigenvalue weighted by Gasteiger charge is 2.33. The number of aromatic nitrogens is 2. The Morgan fingerprint density at radius 1 is 1.17 bits per heavy atom. The van der Waals surface area contributed by atoms with Gasteiger partial charge in [0.25, 0.3) is 11.5 Å². The number of hydrogen-bond donors (Lipinski definition) is 1. The third-order valence-corrected chi connectivity index (χ3v) is 6.56. The van der Waals surface area contributed by atoms with Crippen LogP contribution in [0.1, 0.15) is 73.3 Å². The second-order valence-corrected chi connectivity index (χ2v) is 10.4. The van der Waals surface area contributed by atoms with Crippen molar-refractivity contribution in [2.45, 2.75) is 71.4 Å². The first-order chi connectivity index (χ1) is 16.5. The van der Waals surface area contributed by atoms with Crippen LogP contribution in [0.3, 0.4) is 0 Å². The third kappa shape index (κ3) is 5.55. The fourth-order valence-corrected chi connectivity index (χ4v) is 4.82. The van der Waals surface area contributed by atoms with Crippen LogP contribution in [0.2, 0.25) is 0 Å². The first-order valence-electron chi connectivity index (χ1n) is 12.2. The summed E-state index contributed by atoms with van der Waals surface area (Å²) in [6.07, 6.45) is 3.51. The van der Waals surface area contributed by atoms with Gasteiger partial charge in [0.2, 0.25) is 0 Å². The molecule has 2 aliphatic rings. The largest absolute Gasteiger partial charge is 0.444 e. The Morgan fingerprint density at radius 3 is 2.57 bits per heavy atom. The number of benzene rings is 1. The summed E-state index contributed by atoms with van der Waals surface area (Å²) in [6, 6.07) is 4.27. The van der Waals surface area contributed by atoms with E-state index in [4.69, 9.17) is 4.74 Å². The van der Waals surface area contributed by atoms with Gasteiger partial charge in [0, 0.05) is 37.7 Å². The lowest BCUT2D eigenvalue weighted by atomic mass is 9.90. The topological polar surface area (TPSA) is 95.6 Å². The van der Waals surface area contributed by atoms with Crippen LogP contribution in [0.15, 0.2) is 23.0 Å². The molecule has 0 spiro atoms. The van der Waals surface area contributed by atoms with Crippen molar-refractivity contribution in [1.82, 2.24) is 20.0 Å². The molecular weight excluding hydrogens is 451 g/mol. The van der Waals surface area contributed by atoms with Gasteiger partial charge in [0.15, 0.2) is 0 Å². The zero-order valence-corrected chi connectivity index (χ0v) is 20.8. The van der Waals surface area contributed by atoms with Crippen LogP contribution in [0, 0.1) is 5.82 Å². The molecule has 0 bridgehead atoms. The number of carbonyl (C=O) groups is 2. The molecule has 1 aliphatic carbocycles. The van der Waals surface area contributed by atoms with Crippen molar-refractivity contribution in [3.05, 3.63) is 62.3 Å². The molecule has 9 heteroatoms. The molecule has 1 N–H and O–H groups in total. The summed E-state index contributed by atoms with van der Waals surface area (Å²) in [6.45, 7) is 8.17. The summed E-state index contributed by atoms with van der Waals surface area (Å²) in [4.78, 5) is 41.0. The number of H-pyrrole nitrogens is 1. The minimum Gasteiger partial charge on any atom is -0.444 e. The van der Waals surface area contributed by atoms with Crippen LogP contribution < -0.4 is 5.56 Å². The molecule has 8 nitrogen and oxygen atoms in total. The van der Waals surface area contributed by atoms with Gasteiger partial charge >= 0.3 is 6.09 Å². The van der Waals surface area contributed by atoms with Crippen LogP contribution in [0.5, 0.6) is 0 Å². The quantitative estimate of drug-likeness (QED) is 0.720. The lowest BCUT2D eigenvalue weighted by Crippen LogP contribution is -2.56. The molecule has 1 atom stereocenters. The average Bonchev–Trinajstić information content (AvgIpc) is 2.80. The van der Waals surface area contributed by atoms with Crippen LogP contribution in [-0.2, 0) is 24.0 Å². The van der Waals surface area contributed by atoms with E-state index in [-0.39, 0.29) is 23.7 Å². The number of nitrogens with zero attached hydrogens (tertiary/aromatic N) is 3. The molecule has 0 radical (unpaired) electrons. The summed E-state index contributed by atoms with van der Waals surface area (Å²) in [7, 11) is 0. The molecule has 2 aromatic rings. The van der Waals surface area contributed by atoms with Crippen LogP contribution in [0.4, 0.5) is 9.18 Å². The summed E-state index contributed by atoms with van der Waals surface area (Å²) in [5.41, 5.74) is 2.54. The number of aromatic amines is 1. The summed E-state index contributed by atoms with van der Waals surface area (Å²) < 4.78 is 20.2. The van der Waals surface area contributed by atoms with Gasteiger partial charge in [0.1, 0.15) is 11.4 Å². The van der Waals surface area contributed by atoms with Crippen molar-refractivity contribution in [3.8, 4) is 0 Å². The molecule has 1 aromatic heterocycles. The number of halogens is 1. The Kier molecular flexibility index (Phi) is 6.96. The predicted octanol–water partition coefficient (Wildman–Crippen LogP) is 3.46. The number of amides is 2. The maximum atomic E-state index is 14.7. The van der Waals surface area contributed by atoms with E-state index in [9.17, 15) is 18.8 Å². The van der Waals surface area contributed by atoms with Crippen molar-refractivity contribution in [2.24, 2.45) is 0 Å². The number of piperazine rings is 1. The molecule has 0 saturated carbocycles. The van der Waals surface area contributed by atoms with Gasteiger partial charge in [0.05, 0.1) is 11.3 Å². The zero-order valence-electron chi connectivity index (χ0n) is 20.8. The van der Waals surface area contributed by atoms with Gasteiger partial charge in [-0.25, -0.2) is 14.3 Å². The Hall–Kier alpha value is -3.23. The van der Waals surface area contributed by atoms with Crippen molar-refractivity contribution in [3.63, 3.8) is 0 Å². The Bertz CT molecular complexity index is 1190. The molecule has 2 amide bonds. The number of hydrogen-bond acceptors (Lipinski definition) is 5. The SMILES string of the molecule is C[C@H]1CN(C(=O)c2cc(Cc3n[nH]c(=O)c4c3CCCC4)ccc2F)CCN1C(=O)OC(C)(C)C. The smallest absolute Gasteiger partial charge is 0.410 e. The Labute approximate surface area is 204 Å². The molecule has 188 valence electrons. The van der Waals surface area contributed by atoms with E-state index in [0.29, 0.717) is 19.5 Å². The number of nitrogens with one attached hydrogen (secondary N) is 1. The van der Waals surface area contributed by atoms with Crippen molar-refractivity contribution >= 4 is 12.0 Å². The second-order valence-electron chi connectivity index (χ2n) is 10.4. The highest BCUT2D eigenvalue weighted by molar-refractivity contribution is 5.95. The lowest BCUT2D eigenvalue weighted by molar-refractivity contribution is 0.00190. The second kappa shape index (κ2) is 9.79. The number of fused-ring (bicyclic) bond motifs is 1. The number of ether oxygens (including phenoxy) is 1. The van der Waals surface area contributed by atoms with Crippen LogP contribution >= 0.6 is 0 Å². The van der Waals surface area contributed by atoms with E-state index >= 15 is 0 Å². The van der Waals surface area contributed by atoms with E-state index in [2.05, 4.69) is 10.2 Å². The van der Waals surface area contributed by atoms with E-state index in [1.54, 1.807) is 21.9 Å². The van der Waals surface area contributed by atoms with E-state index in [0.717, 1.165) is 48.1 Å². The molecule has 35 heavy (non-hydrogen) atoms. The molecule has 1 aliphatic heterocycles. The first-order valence-corrected chi connectivity index (χ1v) is 12.2. The van der Waals surface area contributed by atoms with E-state index in [1.807, 2.05) is 27.7 Å². The minimum absolute atomic E-state index is 0.00119. The Morgan fingerprint density at radius 2 is 1.89 bits per heavy atom. The van der Waals surface area contributed by atoms with Gasteiger partial charge in [-0.2, -0.15) is 5.10 Å². The van der Waals surface area contributed by atoms with E-state index < -0.39 is 23.4 Å². The average molecular weight is 485 g/mol. The highest BCUT2D eigenvalue weighted by atomic mass is 19.1. The standard InChI is InChI=1S/C26H33FN4O4/c1-16-15-30(11-12-31(16)25(34)35-26(2,3)4)24(33)20-13-17(9-10-21(20)27)14-22-18-7-5-6-8-19(18)23(32)29-28-22/h9-10,13,16H,5-8,11-12,14-15H2,1-4H3,(H,29,32)/t16-/m0/s1. The molecule has 2 heterocycles. The maximum Gasteiger partial charge on any atom is 0.410 e. The summed E-state index contributed by atoms with van der Waals surface area (Å²) in [5, 5.41) is 6.84. The van der Waals surface area contributed by atoms with Crippen molar-refractivity contribution in [2.75, 3.05) is 19.6 Å². The van der Waals surface area contributed by atoms with Gasteiger partial charge in [-0.3, -0.25) is 9.59 Å². The van der Waals surface area contributed by atoms with Gasteiger partial charge in [-0.15, -0.1) is 0 Å². The molecule has 1 saturated heterocycles. The van der Waals surface area contributed by atoms with Crippen molar-refractivity contribution < 1.29 is 18.7 Å². The van der Waals surface area contributed by atoms with Crippen molar-refractivity contribution in [1.29, 1.82) is 0 Å². The normalized spacial score (nSPS) is 18.3. The monoisotopic (exact) mass is 484 g/mol. The lowest BCUT2D eigenvalue weighted by Gasteiger charge is -2.40. The van der Waals surface area contributed by atoms with Crippen LogP contribution in [0.25, 0.3) is 0 Å². The fraction of sp³-hybridized carbons (Fsp3) is 0.538. The number of carbonyl (C=O) groups excluding carboxylic acids is 2. The fourth-order valence-electron chi connectivity index (χ4n) is 4.82. The van der Waals surface area contributed by atoms with Gasteiger partial charge in [-0.1, -0.05) is 6.07 Å². The first kappa shape index (κ1) is 24.9. The maximum absolute atomic E-state index is 14.7. The molecule has 1 fully saturated rings. The number of rotatable bonds is 3. The van der Waals surface area contributed by atoms with E-state index in [1.165, 1.54) is 6.07 Å². The molecular formula is C26H33FN4O4. The van der Waals surface area contributed by atoms with Gasteiger partial charge < -0.3 is 14.5 Å². The third-order valence-electron chi connectivity index (χ3n) is 6.56. The molecule has 1 aromatic carbocycles. The zero-order chi connectivity index (χ0) is 25.3. The Balaban J connectivity index is 1.49. The minimum atomic E-state index is -0.604. The summed E-state index contributed by atoms with van der Waals surface area (Å²) >= 11 is 0. The summed E-state index contributed by atoms with van der Waals surface area (Å²) in [5.74, 6) is -0.992. The molecule has 4 rings (SSSR count). The molecule has 0 unspecified atom stereocenters. The van der Waals surface area contributed by atoms with Gasteiger partial charge in [-0.05, 0) is 76.6 Å².